The third-order valence-electron chi connectivity index (χ3n) is 4.85. The highest BCUT2D eigenvalue weighted by molar-refractivity contribution is 4.89. The fraction of sp³-hybridized carbons (Fsp3) is 1.00. The molecule has 0 bridgehead atoms. The lowest BCUT2D eigenvalue weighted by atomic mass is 9.59. The lowest BCUT2D eigenvalue weighted by Crippen LogP contribution is -2.35. The van der Waals surface area contributed by atoms with Gasteiger partial charge in [0.05, 0.1) is 0 Å². The molecule has 0 aromatic carbocycles. The molecule has 0 N–H and O–H groups in total. The molecule has 14 heavy (non-hydrogen) atoms. The van der Waals surface area contributed by atoms with Crippen LogP contribution in [0.2, 0.25) is 0 Å². The normalized spacial score (nSPS) is 27.6. The Bertz CT molecular complexity index is 178. The fourth-order valence-corrected chi connectivity index (χ4v) is 2.76. The molecule has 0 aromatic heterocycles. The summed E-state index contributed by atoms with van der Waals surface area (Å²) in [4.78, 5) is 0. The van der Waals surface area contributed by atoms with Crippen molar-refractivity contribution in [2.24, 2.45) is 22.7 Å². The van der Waals surface area contributed by atoms with E-state index in [4.69, 9.17) is 0 Å². The summed E-state index contributed by atoms with van der Waals surface area (Å²) in [6, 6.07) is 0. The molecule has 0 nitrogen and oxygen atoms in total. The molecule has 0 heterocycles. The molecule has 0 heteroatoms. The first-order valence-corrected chi connectivity index (χ1v) is 6.27. The summed E-state index contributed by atoms with van der Waals surface area (Å²) in [7, 11) is 0. The van der Waals surface area contributed by atoms with Crippen LogP contribution in [0, 0.1) is 22.7 Å². The van der Waals surface area contributed by atoms with E-state index in [0.717, 1.165) is 11.8 Å². The predicted octanol–water partition coefficient (Wildman–Crippen LogP) is 4.89. The molecule has 0 aliphatic heterocycles. The summed E-state index contributed by atoms with van der Waals surface area (Å²) < 4.78 is 0. The van der Waals surface area contributed by atoms with Crippen molar-refractivity contribution in [1.29, 1.82) is 0 Å². The first kappa shape index (κ1) is 12.1. The van der Waals surface area contributed by atoms with Crippen LogP contribution < -0.4 is 0 Å². The summed E-state index contributed by atoms with van der Waals surface area (Å²) in [5, 5.41) is 0. The second-order valence-corrected chi connectivity index (χ2v) is 6.85. The standard InChI is InChI=1S/C14H28/c1-11(2)12(3)14(6)9-7-13(4,5)8-10-14/h11-12H,7-10H2,1-6H3. The van der Waals surface area contributed by atoms with Gasteiger partial charge in [0, 0.05) is 0 Å². The molecule has 1 saturated carbocycles. The minimum atomic E-state index is 0.607. The summed E-state index contributed by atoms with van der Waals surface area (Å²) in [5.41, 5.74) is 1.22. The van der Waals surface area contributed by atoms with Gasteiger partial charge in [0.2, 0.25) is 0 Å². The first-order valence-electron chi connectivity index (χ1n) is 6.27. The van der Waals surface area contributed by atoms with Crippen molar-refractivity contribution < 1.29 is 0 Å². The van der Waals surface area contributed by atoms with Crippen molar-refractivity contribution in [3.05, 3.63) is 0 Å². The zero-order chi connectivity index (χ0) is 11.0. The van der Waals surface area contributed by atoms with Crippen LogP contribution in [-0.4, -0.2) is 0 Å². The van der Waals surface area contributed by atoms with E-state index in [0.29, 0.717) is 10.8 Å². The molecule has 1 fully saturated rings. The Hall–Kier alpha value is 0. The Labute approximate surface area is 90.5 Å². The van der Waals surface area contributed by atoms with Crippen molar-refractivity contribution in [1.82, 2.24) is 0 Å². The van der Waals surface area contributed by atoms with Gasteiger partial charge in [-0.05, 0) is 48.3 Å². The van der Waals surface area contributed by atoms with Gasteiger partial charge in [0.25, 0.3) is 0 Å². The number of hydrogen-bond donors (Lipinski definition) is 0. The van der Waals surface area contributed by atoms with Gasteiger partial charge in [-0.15, -0.1) is 0 Å². The maximum absolute atomic E-state index is 2.51. The van der Waals surface area contributed by atoms with E-state index in [2.05, 4.69) is 41.5 Å². The quantitative estimate of drug-likeness (QED) is 0.590. The van der Waals surface area contributed by atoms with Crippen LogP contribution >= 0.6 is 0 Å². The average molecular weight is 196 g/mol. The second-order valence-electron chi connectivity index (χ2n) is 6.85. The van der Waals surface area contributed by atoms with E-state index in [1.54, 1.807) is 0 Å². The molecule has 1 aliphatic rings. The van der Waals surface area contributed by atoms with Crippen LogP contribution in [0.4, 0.5) is 0 Å². The van der Waals surface area contributed by atoms with Gasteiger partial charge < -0.3 is 0 Å². The molecule has 0 spiro atoms. The highest BCUT2D eigenvalue weighted by Crippen LogP contribution is 2.50. The minimum Gasteiger partial charge on any atom is -0.0625 e. The van der Waals surface area contributed by atoms with E-state index in [1.807, 2.05) is 0 Å². The van der Waals surface area contributed by atoms with Crippen molar-refractivity contribution in [2.75, 3.05) is 0 Å². The molecule has 0 radical (unpaired) electrons. The predicted molar refractivity (Wildman–Crippen MR) is 64.4 cm³/mol. The smallest absolute Gasteiger partial charge is 0.0297 e. The SMILES string of the molecule is CC(C)C(C)C1(C)CCC(C)(C)CC1. The van der Waals surface area contributed by atoms with Crippen LogP contribution in [0.25, 0.3) is 0 Å². The highest BCUT2D eigenvalue weighted by Gasteiger charge is 2.39. The highest BCUT2D eigenvalue weighted by atomic mass is 14.4. The molecule has 0 amide bonds. The topological polar surface area (TPSA) is 0 Å². The molecule has 1 atom stereocenters. The molecular weight excluding hydrogens is 168 g/mol. The van der Waals surface area contributed by atoms with E-state index >= 15 is 0 Å². The molecule has 84 valence electrons. The Morgan fingerprint density at radius 3 is 1.57 bits per heavy atom. The van der Waals surface area contributed by atoms with Gasteiger partial charge >= 0.3 is 0 Å². The Kier molecular flexibility index (Phi) is 3.33. The maximum Gasteiger partial charge on any atom is -0.0297 e. The van der Waals surface area contributed by atoms with Crippen LogP contribution in [0.3, 0.4) is 0 Å². The second kappa shape index (κ2) is 3.87. The Morgan fingerprint density at radius 2 is 1.21 bits per heavy atom. The summed E-state index contributed by atoms with van der Waals surface area (Å²) >= 11 is 0. The Morgan fingerprint density at radius 1 is 0.786 bits per heavy atom. The largest absolute Gasteiger partial charge is 0.0625 e. The van der Waals surface area contributed by atoms with Gasteiger partial charge in [0.1, 0.15) is 0 Å². The molecule has 1 unspecified atom stereocenters. The number of rotatable bonds is 2. The molecular formula is C14H28. The van der Waals surface area contributed by atoms with Crippen molar-refractivity contribution in [3.63, 3.8) is 0 Å². The molecule has 1 rings (SSSR count). The van der Waals surface area contributed by atoms with E-state index in [1.165, 1.54) is 25.7 Å². The van der Waals surface area contributed by atoms with Gasteiger partial charge in [0.15, 0.2) is 0 Å². The summed E-state index contributed by atoms with van der Waals surface area (Å²) in [5.74, 6) is 1.71. The average Bonchev–Trinajstić information content (AvgIpc) is 2.09. The summed E-state index contributed by atoms with van der Waals surface area (Å²) in [6.07, 6.45) is 5.69. The van der Waals surface area contributed by atoms with Crippen molar-refractivity contribution in [3.8, 4) is 0 Å². The maximum atomic E-state index is 2.51. The third-order valence-corrected chi connectivity index (χ3v) is 4.85. The van der Waals surface area contributed by atoms with Gasteiger partial charge in [-0.3, -0.25) is 0 Å². The molecule has 0 aromatic rings. The van der Waals surface area contributed by atoms with Crippen LogP contribution in [0.1, 0.15) is 67.2 Å². The molecule has 1 aliphatic carbocycles. The van der Waals surface area contributed by atoms with Crippen molar-refractivity contribution >= 4 is 0 Å². The third kappa shape index (κ3) is 2.52. The van der Waals surface area contributed by atoms with Gasteiger partial charge in [-0.2, -0.15) is 0 Å². The minimum absolute atomic E-state index is 0.607. The lowest BCUT2D eigenvalue weighted by Gasteiger charge is -2.46. The zero-order valence-electron chi connectivity index (χ0n) is 11.0. The lowest BCUT2D eigenvalue weighted by molar-refractivity contribution is 0.0466. The van der Waals surface area contributed by atoms with Gasteiger partial charge in [-0.1, -0.05) is 41.5 Å². The number of hydrogen-bond acceptors (Lipinski definition) is 0. The van der Waals surface area contributed by atoms with Crippen LogP contribution in [-0.2, 0) is 0 Å². The van der Waals surface area contributed by atoms with E-state index in [-0.39, 0.29) is 0 Å². The van der Waals surface area contributed by atoms with Gasteiger partial charge in [-0.25, -0.2) is 0 Å². The first-order chi connectivity index (χ1) is 6.27. The zero-order valence-corrected chi connectivity index (χ0v) is 11.0. The van der Waals surface area contributed by atoms with Crippen LogP contribution in [0.5, 0.6) is 0 Å². The van der Waals surface area contributed by atoms with E-state index in [9.17, 15) is 0 Å². The van der Waals surface area contributed by atoms with E-state index < -0.39 is 0 Å². The monoisotopic (exact) mass is 196 g/mol. The molecule has 0 saturated heterocycles. The Balaban J connectivity index is 2.61. The van der Waals surface area contributed by atoms with Crippen molar-refractivity contribution in [2.45, 2.75) is 67.2 Å². The fourth-order valence-electron chi connectivity index (χ4n) is 2.76. The summed E-state index contributed by atoms with van der Waals surface area (Å²) in [6.45, 7) is 14.5. The van der Waals surface area contributed by atoms with Crippen LogP contribution in [0.15, 0.2) is 0 Å².